The average Bonchev–Trinajstić information content (AvgIpc) is 3.09. The first kappa shape index (κ1) is 20.0. The van der Waals surface area contributed by atoms with E-state index in [2.05, 4.69) is 27.1 Å². The fraction of sp³-hybridized carbons (Fsp3) is 0.474. The van der Waals surface area contributed by atoms with Crippen LogP contribution >= 0.6 is 0 Å². The smallest absolute Gasteiger partial charge is 0.293 e. The van der Waals surface area contributed by atoms with Crippen molar-refractivity contribution in [3.05, 3.63) is 52.1 Å². The van der Waals surface area contributed by atoms with E-state index < -0.39 is 4.92 Å². The number of piperazine rings is 1. The third kappa shape index (κ3) is 4.55. The second kappa shape index (κ2) is 8.49. The Morgan fingerprint density at radius 1 is 1.29 bits per heavy atom. The van der Waals surface area contributed by atoms with Gasteiger partial charge in [0.15, 0.2) is 5.82 Å². The number of nitro groups is 1. The minimum absolute atomic E-state index is 0.0400. The van der Waals surface area contributed by atoms with Crippen LogP contribution in [0.2, 0.25) is 0 Å². The van der Waals surface area contributed by atoms with Crippen molar-refractivity contribution in [2.45, 2.75) is 13.0 Å². The van der Waals surface area contributed by atoms with Crippen molar-refractivity contribution in [3.63, 3.8) is 0 Å². The van der Waals surface area contributed by atoms with Crippen LogP contribution in [-0.4, -0.2) is 75.9 Å². The number of nitrogens with one attached hydrogen (secondary N) is 1. The van der Waals surface area contributed by atoms with Gasteiger partial charge in [-0.1, -0.05) is 0 Å². The van der Waals surface area contributed by atoms with E-state index in [9.17, 15) is 14.9 Å². The van der Waals surface area contributed by atoms with Crippen molar-refractivity contribution in [3.8, 4) is 0 Å². The molecule has 1 aliphatic rings. The van der Waals surface area contributed by atoms with Crippen LogP contribution in [0.4, 0.5) is 11.4 Å². The minimum atomic E-state index is -0.458. The summed E-state index contributed by atoms with van der Waals surface area (Å²) in [7, 11) is 3.82. The quantitative estimate of drug-likeness (QED) is 0.439. The molecule has 9 nitrogen and oxygen atoms in total. The van der Waals surface area contributed by atoms with E-state index in [0.29, 0.717) is 5.69 Å². The summed E-state index contributed by atoms with van der Waals surface area (Å²) in [5.41, 5.74) is 0.562. The average molecular weight is 386 g/mol. The second-order valence-corrected chi connectivity index (χ2v) is 7.33. The van der Waals surface area contributed by atoms with Crippen LogP contribution in [-0.2, 0) is 7.05 Å². The highest BCUT2D eigenvalue weighted by molar-refractivity contribution is 6.07. The molecule has 1 saturated heterocycles. The van der Waals surface area contributed by atoms with Crippen molar-refractivity contribution in [2.75, 3.05) is 45.1 Å². The Bertz CT molecular complexity index is 857. The standard InChI is InChI=1S/C19H26N6O3/c1-14(13-24-10-8-22(2)9-11-24)21-16-5-4-15(12-17(16)25(27)28)18(26)19-20-6-7-23(19)3/h4-7,12,14,21H,8-11,13H2,1-3H3. The van der Waals surface area contributed by atoms with Gasteiger partial charge in [0, 0.05) is 69.8 Å². The summed E-state index contributed by atoms with van der Waals surface area (Å²) < 4.78 is 1.60. The molecule has 2 aromatic rings. The summed E-state index contributed by atoms with van der Waals surface area (Å²) in [4.78, 5) is 32.4. The number of rotatable bonds is 7. The lowest BCUT2D eigenvalue weighted by Crippen LogP contribution is -2.47. The maximum absolute atomic E-state index is 12.6. The van der Waals surface area contributed by atoms with E-state index in [-0.39, 0.29) is 28.9 Å². The molecule has 1 aromatic carbocycles. The summed E-state index contributed by atoms with van der Waals surface area (Å²) in [6.45, 7) is 6.84. The Hall–Kier alpha value is -2.78. The van der Waals surface area contributed by atoms with Crippen molar-refractivity contribution in [1.29, 1.82) is 0 Å². The van der Waals surface area contributed by atoms with E-state index in [1.54, 1.807) is 29.9 Å². The third-order valence-electron chi connectivity index (χ3n) is 5.01. The molecule has 1 atom stereocenters. The molecule has 1 unspecified atom stereocenters. The first-order valence-corrected chi connectivity index (χ1v) is 9.33. The van der Waals surface area contributed by atoms with E-state index >= 15 is 0 Å². The first-order valence-electron chi connectivity index (χ1n) is 9.33. The van der Waals surface area contributed by atoms with Gasteiger partial charge in [0.2, 0.25) is 5.78 Å². The lowest BCUT2D eigenvalue weighted by Gasteiger charge is -2.34. The lowest BCUT2D eigenvalue weighted by molar-refractivity contribution is -0.384. The van der Waals surface area contributed by atoms with Gasteiger partial charge < -0.3 is 14.8 Å². The second-order valence-electron chi connectivity index (χ2n) is 7.33. The number of ketones is 1. The first-order chi connectivity index (χ1) is 13.3. The topological polar surface area (TPSA) is 96.5 Å². The summed E-state index contributed by atoms with van der Waals surface area (Å²) in [5, 5.41) is 14.8. The molecule has 9 heteroatoms. The maximum Gasteiger partial charge on any atom is 0.293 e. The van der Waals surface area contributed by atoms with E-state index in [0.717, 1.165) is 32.7 Å². The Balaban J connectivity index is 1.73. The van der Waals surface area contributed by atoms with Gasteiger partial charge in [-0.2, -0.15) is 0 Å². The molecule has 28 heavy (non-hydrogen) atoms. The Kier molecular flexibility index (Phi) is 6.05. The van der Waals surface area contributed by atoms with Crippen molar-refractivity contribution in [2.24, 2.45) is 7.05 Å². The van der Waals surface area contributed by atoms with Crippen LogP contribution < -0.4 is 5.32 Å². The fourth-order valence-electron chi connectivity index (χ4n) is 3.39. The Morgan fingerprint density at radius 2 is 2.00 bits per heavy atom. The van der Waals surface area contributed by atoms with Gasteiger partial charge in [-0.05, 0) is 26.1 Å². The molecule has 3 rings (SSSR count). The molecule has 0 radical (unpaired) electrons. The number of aromatic nitrogens is 2. The Morgan fingerprint density at radius 3 is 2.61 bits per heavy atom. The van der Waals surface area contributed by atoms with Crippen LogP contribution in [0.5, 0.6) is 0 Å². The Labute approximate surface area is 164 Å². The summed E-state index contributed by atoms with van der Waals surface area (Å²) in [5.74, 6) is -0.0916. The highest BCUT2D eigenvalue weighted by Gasteiger charge is 2.22. The number of nitrogens with zero attached hydrogens (tertiary/aromatic N) is 5. The highest BCUT2D eigenvalue weighted by atomic mass is 16.6. The van der Waals surface area contributed by atoms with Crippen molar-refractivity contribution in [1.82, 2.24) is 19.4 Å². The molecule has 2 heterocycles. The number of benzene rings is 1. The molecule has 0 bridgehead atoms. The highest BCUT2D eigenvalue weighted by Crippen LogP contribution is 2.27. The summed E-state index contributed by atoms with van der Waals surface area (Å²) in [6, 6.07) is 4.57. The van der Waals surface area contributed by atoms with Gasteiger partial charge in [0.25, 0.3) is 5.69 Å². The SMILES string of the molecule is CC(CN1CCN(C)CC1)Nc1ccc(C(=O)c2nccn2C)cc1[N+](=O)[O-]. The molecular weight excluding hydrogens is 360 g/mol. The zero-order valence-corrected chi connectivity index (χ0v) is 16.5. The largest absolute Gasteiger partial charge is 0.376 e. The number of aryl methyl sites for hydroxylation is 1. The predicted molar refractivity (Wildman–Crippen MR) is 107 cm³/mol. The molecule has 0 amide bonds. The molecule has 1 aliphatic heterocycles. The monoisotopic (exact) mass is 386 g/mol. The molecule has 0 spiro atoms. The number of carbonyl (C=O) groups excluding carboxylic acids is 1. The number of anilines is 1. The summed E-state index contributed by atoms with van der Waals surface area (Å²) in [6.07, 6.45) is 3.19. The number of hydrogen-bond acceptors (Lipinski definition) is 7. The maximum atomic E-state index is 12.6. The molecule has 1 aromatic heterocycles. The lowest BCUT2D eigenvalue weighted by atomic mass is 10.1. The van der Waals surface area contributed by atoms with Gasteiger partial charge in [0.05, 0.1) is 4.92 Å². The normalized spacial score (nSPS) is 16.7. The molecule has 0 aliphatic carbocycles. The molecular formula is C19H26N6O3. The van der Waals surface area contributed by atoms with Gasteiger partial charge in [-0.25, -0.2) is 4.98 Å². The van der Waals surface area contributed by atoms with E-state index in [4.69, 9.17) is 0 Å². The summed E-state index contributed by atoms with van der Waals surface area (Å²) >= 11 is 0. The van der Waals surface area contributed by atoms with Crippen LogP contribution in [0.3, 0.4) is 0 Å². The fourth-order valence-corrected chi connectivity index (χ4v) is 3.39. The van der Waals surface area contributed by atoms with Crippen molar-refractivity contribution >= 4 is 17.2 Å². The van der Waals surface area contributed by atoms with Gasteiger partial charge in [-0.3, -0.25) is 19.8 Å². The molecule has 0 saturated carbocycles. The van der Waals surface area contributed by atoms with E-state index in [1.165, 1.54) is 12.3 Å². The zero-order chi connectivity index (χ0) is 20.3. The van der Waals surface area contributed by atoms with Crippen molar-refractivity contribution < 1.29 is 9.72 Å². The molecule has 1 fully saturated rings. The van der Waals surface area contributed by atoms with Gasteiger partial charge >= 0.3 is 0 Å². The number of nitro benzene ring substituents is 1. The number of carbonyl (C=O) groups is 1. The van der Waals surface area contributed by atoms with Gasteiger partial charge in [-0.15, -0.1) is 0 Å². The number of hydrogen-bond donors (Lipinski definition) is 1. The zero-order valence-electron chi connectivity index (χ0n) is 16.5. The molecule has 150 valence electrons. The van der Waals surface area contributed by atoms with E-state index in [1.807, 2.05) is 6.92 Å². The number of imidazole rings is 1. The molecule has 1 N–H and O–H groups in total. The third-order valence-corrected chi connectivity index (χ3v) is 5.01. The van der Waals surface area contributed by atoms with Crippen LogP contribution in [0.1, 0.15) is 23.1 Å². The van der Waals surface area contributed by atoms with Crippen LogP contribution in [0.15, 0.2) is 30.6 Å². The van der Waals surface area contributed by atoms with Crippen LogP contribution in [0.25, 0.3) is 0 Å². The number of likely N-dealkylation sites (N-methyl/N-ethyl adjacent to an activating group) is 1. The predicted octanol–water partition coefficient (Wildman–Crippen LogP) is 1.61. The van der Waals surface area contributed by atoms with Crippen LogP contribution in [0, 0.1) is 10.1 Å². The minimum Gasteiger partial charge on any atom is -0.376 e. The van der Waals surface area contributed by atoms with Gasteiger partial charge in [0.1, 0.15) is 5.69 Å².